The first kappa shape index (κ1) is 15.3. The van der Waals surface area contributed by atoms with Crippen LogP contribution >= 0.6 is 0 Å². The molecule has 1 heterocycles. The van der Waals surface area contributed by atoms with Crippen LogP contribution in [0.5, 0.6) is 0 Å². The number of methoxy groups -OCH3 is 1. The highest BCUT2D eigenvalue weighted by atomic mass is 16.5. The summed E-state index contributed by atoms with van der Waals surface area (Å²) in [5.41, 5.74) is -0.703. The highest BCUT2D eigenvalue weighted by molar-refractivity contribution is 5.98. The van der Waals surface area contributed by atoms with Crippen molar-refractivity contribution in [2.45, 2.75) is 31.7 Å². The molecule has 6 heteroatoms. The Morgan fingerprint density at radius 3 is 2.70 bits per heavy atom. The zero-order valence-corrected chi connectivity index (χ0v) is 12.3. The Morgan fingerprint density at radius 1 is 1.30 bits per heavy atom. The van der Waals surface area contributed by atoms with Gasteiger partial charge >= 0.3 is 0 Å². The Labute approximate surface area is 119 Å². The number of ether oxygens (including phenoxy) is 2. The van der Waals surface area contributed by atoms with Gasteiger partial charge in [0.1, 0.15) is 5.54 Å². The Balaban J connectivity index is 1.78. The lowest BCUT2D eigenvalue weighted by Crippen LogP contribution is -2.66. The molecule has 2 amide bonds. The molecular weight excluding hydrogens is 260 g/mol. The summed E-state index contributed by atoms with van der Waals surface area (Å²) in [7, 11) is 1.66. The largest absolute Gasteiger partial charge is 0.385 e. The maximum absolute atomic E-state index is 12.5. The number of carbonyl (C=O) groups is 2. The molecule has 2 aliphatic rings. The lowest BCUT2D eigenvalue weighted by Gasteiger charge is -2.40. The first-order valence-electron chi connectivity index (χ1n) is 7.25. The monoisotopic (exact) mass is 284 g/mol. The second-order valence-corrected chi connectivity index (χ2v) is 5.71. The number of hydrogen-bond acceptors (Lipinski definition) is 4. The van der Waals surface area contributed by atoms with E-state index in [2.05, 4.69) is 5.32 Å². The van der Waals surface area contributed by atoms with Crippen molar-refractivity contribution in [1.29, 1.82) is 0 Å². The summed E-state index contributed by atoms with van der Waals surface area (Å²) in [6.45, 7) is 4.21. The van der Waals surface area contributed by atoms with Crippen molar-refractivity contribution < 1.29 is 19.1 Å². The molecule has 0 aromatic rings. The van der Waals surface area contributed by atoms with Crippen LogP contribution in [0.1, 0.15) is 26.2 Å². The van der Waals surface area contributed by atoms with Gasteiger partial charge in [-0.25, -0.2) is 0 Å². The molecule has 0 aromatic heterocycles. The van der Waals surface area contributed by atoms with Crippen LogP contribution in [0.3, 0.4) is 0 Å². The van der Waals surface area contributed by atoms with E-state index in [0.717, 1.165) is 19.3 Å². The second-order valence-electron chi connectivity index (χ2n) is 5.71. The van der Waals surface area contributed by atoms with Crippen LogP contribution in [-0.4, -0.2) is 62.3 Å². The molecule has 1 saturated heterocycles. The number of amides is 2. The summed E-state index contributed by atoms with van der Waals surface area (Å²) in [5, 5.41) is 2.87. The van der Waals surface area contributed by atoms with Gasteiger partial charge < -0.3 is 19.7 Å². The lowest BCUT2D eigenvalue weighted by molar-refractivity contribution is -0.150. The van der Waals surface area contributed by atoms with E-state index in [1.54, 1.807) is 12.0 Å². The number of carbonyl (C=O) groups excluding carboxylic acids is 2. The third-order valence-corrected chi connectivity index (χ3v) is 4.00. The molecule has 1 unspecified atom stereocenters. The molecular formula is C14H24N2O4. The average Bonchev–Trinajstić information content (AvgIpc) is 3.23. The van der Waals surface area contributed by atoms with E-state index >= 15 is 0 Å². The number of nitrogens with zero attached hydrogens (tertiary/aromatic N) is 1. The van der Waals surface area contributed by atoms with Crippen molar-refractivity contribution in [3.63, 3.8) is 0 Å². The van der Waals surface area contributed by atoms with Gasteiger partial charge in [0.15, 0.2) is 0 Å². The fourth-order valence-corrected chi connectivity index (χ4v) is 2.66. The molecule has 1 atom stereocenters. The third kappa shape index (κ3) is 3.49. The molecule has 2 rings (SSSR count). The SMILES string of the molecule is COCCCOCCN1CC(=O)NC(C)(C2CC2)C1=O. The normalized spacial score (nSPS) is 26.8. The minimum Gasteiger partial charge on any atom is -0.385 e. The van der Waals surface area contributed by atoms with Crippen molar-refractivity contribution in [3.05, 3.63) is 0 Å². The van der Waals surface area contributed by atoms with E-state index < -0.39 is 5.54 Å². The first-order chi connectivity index (χ1) is 9.58. The molecule has 1 N–H and O–H groups in total. The van der Waals surface area contributed by atoms with E-state index in [9.17, 15) is 9.59 Å². The van der Waals surface area contributed by atoms with Gasteiger partial charge in [0.25, 0.3) is 0 Å². The molecule has 0 bridgehead atoms. The van der Waals surface area contributed by atoms with E-state index in [1.807, 2.05) is 6.92 Å². The zero-order chi connectivity index (χ0) is 14.6. The highest BCUT2D eigenvalue weighted by Crippen LogP contribution is 2.41. The fourth-order valence-electron chi connectivity index (χ4n) is 2.66. The zero-order valence-electron chi connectivity index (χ0n) is 12.3. The predicted octanol–water partition coefficient (Wildman–Crippen LogP) is 0.167. The summed E-state index contributed by atoms with van der Waals surface area (Å²) in [4.78, 5) is 25.9. The molecule has 1 saturated carbocycles. The predicted molar refractivity (Wildman–Crippen MR) is 73.2 cm³/mol. The first-order valence-corrected chi connectivity index (χ1v) is 7.25. The van der Waals surface area contributed by atoms with Crippen molar-refractivity contribution in [2.75, 3.05) is 40.0 Å². The Bertz CT molecular complexity index is 370. The second kappa shape index (κ2) is 6.54. The van der Waals surface area contributed by atoms with Gasteiger partial charge in [-0.15, -0.1) is 0 Å². The number of rotatable bonds is 8. The van der Waals surface area contributed by atoms with E-state index in [1.165, 1.54) is 0 Å². The fraction of sp³-hybridized carbons (Fsp3) is 0.857. The summed E-state index contributed by atoms with van der Waals surface area (Å²) < 4.78 is 10.4. The van der Waals surface area contributed by atoms with Crippen molar-refractivity contribution in [3.8, 4) is 0 Å². The Morgan fingerprint density at radius 2 is 2.05 bits per heavy atom. The topological polar surface area (TPSA) is 67.9 Å². The maximum Gasteiger partial charge on any atom is 0.248 e. The van der Waals surface area contributed by atoms with Crippen LogP contribution < -0.4 is 5.32 Å². The summed E-state index contributed by atoms with van der Waals surface area (Å²) in [6, 6.07) is 0. The highest BCUT2D eigenvalue weighted by Gasteiger charge is 2.52. The van der Waals surface area contributed by atoms with Crippen LogP contribution in [0.2, 0.25) is 0 Å². The molecule has 0 spiro atoms. The Hall–Kier alpha value is -1.14. The molecule has 1 aliphatic heterocycles. The Kier molecular flexibility index (Phi) is 4.99. The van der Waals surface area contributed by atoms with Gasteiger partial charge in [-0.05, 0) is 32.1 Å². The van der Waals surface area contributed by atoms with Gasteiger partial charge in [-0.2, -0.15) is 0 Å². The molecule has 0 aromatic carbocycles. The average molecular weight is 284 g/mol. The number of nitrogens with one attached hydrogen (secondary N) is 1. The van der Waals surface area contributed by atoms with E-state index in [4.69, 9.17) is 9.47 Å². The third-order valence-electron chi connectivity index (χ3n) is 4.00. The van der Waals surface area contributed by atoms with E-state index in [0.29, 0.717) is 32.3 Å². The van der Waals surface area contributed by atoms with Crippen LogP contribution in [0.25, 0.3) is 0 Å². The minimum absolute atomic E-state index is 0.0279. The van der Waals surface area contributed by atoms with Crippen molar-refractivity contribution >= 4 is 11.8 Å². The summed E-state index contributed by atoms with van der Waals surface area (Å²) in [5.74, 6) is 0.253. The molecule has 1 aliphatic carbocycles. The van der Waals surface area contributed by atoms with Crippen molar-refractivity contribution in [2.24, 2.45) is 5.92 Å². The standard InChI is InChI=1S/C14H24N2O4/c1-14(11-4-5-11)13(18)16(10-12(17)15-14)6-9-20-8-3-7-19-2/h11H,3-10H2,1-2H3,(H,15,17). The molecule has 20 heavy (non-hydrogen) atoms. The number of hydrogen-bond donors (Lipinski definition) is 1. The molecule has 114 valence electrons. The molecule has 6 nitrogen and oxygen atoms in total. The number of piperazine rings is 1. The van der Waals surface area contributed by atoms with Gasteiger partial charge in [0.2, 0.25) is 11.8 Å². The van der Waals surface area contributed by atoms with Gasteiger partial charge in [-0.1, -0.05) is 0 Å². The molecule has 2 fully saturated rings. The van der Waals surface area contributed by atoms with Gasteiger partial charge in [0, 0.05) is 26.9 Å². The van der Waals surface area contributed by atoms with E-state index in [-0.39, 0.29) is 18.4 Å². The summed E-state index contributed by atoms with van der Waals surface area (Å²) >= 11 is 0. The van der Waals surface area contributed by atoms with Gasteiger partial charge in [-0.3, -0.25) is 9.59 Å². The van der Waals surface area contributed by atoms with Gasteiger partial charge in [0.05, 0.1) is 13.2 Å². The quantitative estimate of drug-likeness (QED) is 0.645. The smallest absolute Gasteiger partial charge is 0.248 e. The van der Waals surface area contributed by atoms with Crippen molar-refractivity contribution in [1.82, 2.24) is 10.2 Å². The maximum atomic E-state index is 12.5. The van der Waals surface area contributed by atoms with Crippen LogP contribution in [0.4, 0.5) is 0 Å². The summed E-state index contributed by atoms with van der Waals surface area (Å²) in [6.07, 6.45) is 2.87. The van der Waals surface area contributed by atoms with Crippen LogP contribution in [-0.2, 0) is 19.1 Å². The lowest BCUT2D eigenvalue weighted by atomic mass is 9.91. The minimum atomic E-state index is -0.703. The molecule has 0 radical (unpaired) electrons. The van der Waals surface area contributed by atoms with Crippen LogP contribution in [0, 0.1) is 5.92 Å². The van der Waals surface area contributed by atoms with Crippen LogP contribution in [0.15, 0.2) is 0 Å².